The molecule has 5 rings (SSSR count). The molecular formula is C25H20F3N5OS. The highest BCUT2D eigenvalue weighted by atomic mass is 32.1. The standard InChI is InChI=1S/C25H20F3N5OS/c1-13-4-9-19-20(10-13)35-24(31-19)16-5-7-17(8-6-16)30-21(34)12-33-23-22(15(3)32-33)18(25(26,27)28)11-14(2)29-23/h4-11H,12H2,1-3H3,(H,30,34). The Balaban J connectivity index is 1.35. The van der Waals surface area contributed by atoms with Crippen LogP contribution in [0.2, 0.25) is 0 Å². The van der Waals surface area contributed by atoms with Gasteiger partial charge in [-0.05, 0) is 68.8 Å². The highest BCUT2D eigenvalue weighted by Gasteiger charge is 2.35. The van der Waals surface area contributed by atoms with E-state index in [1.165, 1.54) is 24.1 Å². The zero-order valence-electron chi connectivity index (χ0n) is 19.1. The Morgan fingerprint density at radius 2 is 1.77 bits per heavy atom. The number of thiazole rings is 1. The Morgan fingerprint density at radius 3 is 2.49 bits per heavy atom. The maximum absolute atomic E-state index is 13.5. The Morgan fingerprint density at radius 1 is 1.03 bits per heavy atom. The molecule has 3 heterocycles. The number of carbonyl (C=O) groups excluding carboxylic acids is 1. The molecule has 3 aromatic heterocycles. The number of anilines is 1. The quantitative estimate of drug-likeness (QED) is 0.318. The lowest BCUT2D eigenvalue weighted by molar-refractivity contribution is -0.136. The minimum absolute atomic E-state index is 0.0337. The molecule has 1 amide bonds. The summed E-state index contributed by atoms with van der Waals surface area (Å²) in [6, 6.07) is 14.4. The number of rotatable bonds is 4. The van der Waals surface area contributed by atoms with Crippen molar-refractivity contribution in [2.24, 2.45) is 0 Å². The average Bonchev–Trinajstić information content (AvgIpc) is 3.33. The summed E-state index contributed by atoms with van der Waals surface area (Å²) in [5.74, 6) is -0.422. The fourth-order valence-corrected chi connectivity index (χ4v) is 5.07. The Bertz CT molecular complexity index is 1590. The van der Waals surface area contributed by atoms with Gasteiger partial charge >= 0.3 is 6.18 Å². The highest BCUT2D eigenvalue weighted by molar-refractivity contribution is 7.21. The number of hydrogen-bond donors (Lipinski definition) is 1. The third-order valence-corrected chi connectivity index (χ3v) is 6.63. The van der Waals surface area contributed by atoms with E-state index in [4.69, 9.17) is 0 Å². The van der Waals surface area contributed by atoms with Crippen LogP contribution in [0.3, 0.4) is 0 Å². The third kappa shape index (κ3) is 4.49. The molecule has 2 aromatic carbocycles. The summed E-state index contributed by atoms with van der Waals surface area (Å²) in [4.78, 5) is 21.6. The first-order valence-electron chi connectivity index (χ1n) is 10.8. The van der Waals surface area contributed by atoms with Crippen LogP contribution in [0.15, 0.2) is 48.5 Å². The van der Waals surface area contributed by atoms with Crippen LogP contribution < -0.4 is 5.32 Å². The second-order valence-electron chi connectivity index (χ2n) is 8.37. The zero-order chi connectivity index (χ0) is 24.9. The van der Waals surface area contributed by atoms with E-state index in [2.05, 4.69) is 26.4 Å². The van der Waals surface area contributed by atoms with Gasteiger partial charge in [0.2, 0.25) is 5.91 Å². The van der Waals surface area contributed by atoms with Crippen LogP contribution in [0.4, 0.5) is 18.9 Å². The number of nitrogens with zero attached hydrogens (tertiary/aromatic N) is 4. The lowest BCUT2D eigenvalue weighted by Crippen LogP contribution is -2.20. The van der Waals surface area contributed by atoms with Gasteiger partial charge in [-0.15, -0.1) is 11.3 Å². The van der Waals surface area contributed by atoms with E-state index in [-0.39, 0.29) is 29.0 Å². The van der Waals surface area contributed by atoms with Crippen molar-refractivity contribution in [3.05, 3.63) is 71.0 Å². The van der Waals surface area contributed by atoms with Crippen molar-refractivity contribution in [2.45, 2.75) is 33.5 Å². The van der Waals surface area contributed by atoms with E-state index in [9.17, 15) is 18.0 Å². The van der Waals surface area contributed by atoms with Crippen LogP contribution in [0.1, 0.15) is 22.5 Å². The van der Waals surface area contributed by atoms with E-state index >= 15 is 0 Å². The van der Waals surface area contributed by atoms with Crippen LogP contribution in [0.25, 0.3) is 31.8 Å². The molecule has 0 atom stereocenters. The average molecular weight is 496 g/mol. The third-order valence-electron chi connectivity index (χ3n) is 5.56. The molecular weight excluding hydrogens is 475 g/mol. The number of alkyl halides is 3. The number of aromatic nitrogens is 4. The minimum atomic E-state index is -4.54. The summed E-state index contributed by atoms with van der Waals surface area (Å²) in [6.45, 7) is 4.73. The molecule has 10 heteroatoms. The molecule has 5 aromatic rings. The van der Waals surface area contributed by atoms with Crippen LogP contribution in [0, 0.1) is 20.8 Å². The molecule has 0 unspecified atom stereocenters. The van der Waals surface area contributed by atoms with Gasteiger partial charge in [0.15, 0.2) is 5.65 Å². The second-order valence-corrected chi connectivity index (χ2v) is 9.40. The number of pyridine rings is 1. The fourth-order valence-electron chi connectivity index (χ4n) is 4.00. The first-order valence-corrected chi connectivity index (χ1v) is 11.6. The largest absolute Gasteiger partial charge is 0.417 e. The molecule has 0 spiro atoms. The van der Waals surface area contributed by atoms with E-state index in [1.807, 2.05) is 31.2 Å². The maximum atomic E-state index is 13.5. The fraction of sp³-hybridized carbons (Fsp3) is 0.200. The molecule has 1 N–H and O–H groups in total. The monoisotopic (exact) mass is 495 g/mol. The predicted octanol–water partition coefficient (Wildman–Crippen LogP) is 6.29. The van der Waals surface area contributed by atoms with E-state index in [0.29, 0.717) is 5.69 Å². The summed E-state index contributed by atoms with van der Waals surface area (Å²) in [5, 5.41) is 7.71. The summed E-state index contributed by atoms with van der Waals surface area (Å²) < 4.78 is 42.9. The number of amides is 1. The molecule has 35 heavy (non-hydrogen) atoms. The van der Waals surface area contributed by atoms with Crippen LogP contribution in [-0.2, 0) is 17.5 Å². The van der Waals surface area contributed by atoms with Gasteiger partial charge in [0.25, 0.3) is 0 Å². The Hall–Kier alpha value is -3.79. The normalized spacial score (nSPS) is 11.9. The molecule has 0 saturated heterocycles. The molecule has 0 aliphatic rings. The number of benzene rings is 2. The lowest BCUT2D eigenvalue weighted by Gasteiger charge is -2.10. The number of aryl methyl sites for hydroxylation is 3. The van der Waals surface area contributed by atoms with Crippen LogP contribution >= 0.6 is 11.3 Å². The summed E-state index contributed by atoms with van der Waals surface area (Å²) in [6.07, 6.45) is -4.54. The smallest absolute Gasteiger partial charge is 0.324 e. The van der Waals surface area contributed by atoms with Crippen LogP contribution in [0.5, 0.6) is 0 Å². The van der Waals surface area contributed by atoms with Gasteiger partial charge in [-0.1, -0.05) is 6.07 Å². The number of halogens is 3. The summed E-state index contributed by atoms with van der Waals surface area (Å²) in [7, 11) is 0. The first kappa shape index (κ1) is 23.0. The molecule has 0 saturated carbocycles. The van der Waals surface area contributed by atoms with Gasteiger partial charge in [-0.3, -0.25) is 4.79 Å². The van der Waals surface area contributed by atoms with Crippen molar-refractivity contribution in [3.8, 4) is 10.6 Å². The van der Waals surface area contributed by atoms with Crippen molar-refractivity contribution < 1.29 is 18.0 Å². The first-order chi connectivity index (χ1) is 16.6. The highest BCUT2D eigenvalue weighted by Crippen LogP contribution is 2.36. The summed E-state index contributed by atoms with van der Waals surface area (Å²) in [5.41, 5.74) is 3.20. The van der Waals surface area contributed by atoms with Crippen molar-refractivity contribution in [3.63, 3.8) is 0 Å². The zero-order valence-corrected chi connectivity index (χ0v) is 19.9. The van der Waals surface area contributed by atoms with E-state index < -0.39 is 17.6 Å². The molecule has 0 radical (unpaired) electrons. The minimum Gasteiger partial charge on any atom is -0.324 e. The number of hydrogen-bond acceptors (Lipinski definition) is 5. The van der Waals surface area contributed by atoms with Gasteiger partial charge in [0.05, 0.1) is 26.9 Å². The number of carbonyl (C=O) groups is 1. The van der Waals surface area contributed by atoms with Gasteiger partial charge in [-0.25, -0.2) is 14.6 Å². The van der Waals surface area contributed by atoms with Gasteiger partial charge in [0, 0.05) is 16.9 Å². The van der Waals surface area contributed by atoms with Gasteiger partial charge < -0.3 is 5.32 Å². The van der Waals surface area contributed by atoms with E-state index in [1.54, 1.807) is 23.5 Å². The second kappa shape index (κ2) is 8.46. The number of fused-ring (bicyclic) bond motifs is 2. The Labute approximate surface area is 202 Å². The topological polar surface area (TPSA) is 72.7 Å². The molecule has 6 nitrogen and oxygen atoms in total. The SMILES string of the molecule is Cc1ccc2nc(-c3ccc(NC(=O)Cn4nc(C)c5c(C(F)(F)F)cc(C)nc54)cc3)sc2c1. The van der Waals surface area contributed by atoms with Crippen molar-refractivity contribution in [1.82, 2.24) is 19.7 Å². The van der Waals surface area contributed by atoms with Crippen molar-refractivity contribution in [2.75, 3.05) is 5.32 Å². The van der Waals surface area contributed by atoms with Crippen molar-refractivity contribution in [1.29, 1.82) is 0 Å². The van der Waals surface area contributed by atoms with E-state index in [0.717, 1.165) is 26.9 Å². The molecule has 0 aliphatic heterocycles. The maximum Gasteiger partial charge on any atom is 0.417 e. The molecule has 178 valence electrons. The molecule has 0 aliphatic carbocycles. The van der Waals surface area contributed by atoms with Crippen LogP contribution in [-0.4, -0.2) is 25.7 Å². The van der Waals surface area contributed by atoms with Gasteiger partial charge in [0.1, 0.15) is 11.6 Å². The predicted molar refractivity (Wildman–Crippen MR) is 130 cm³/mol. The van der Waals surface area contributed by atoms with Gasteiger partial charge in [-0.2, -0.15) is 18.3 Å². The van der Waals surface area contributed by atoms with Crippen molar-refractivity contribution >= 4 is 44.2 Å². The molecule has 0 bridgehead atoms. The Kier molecular flexibility index (Phi) is 5.55. The summed E-state index contributed by atoms with van der Waals surface area (Å²) >= 11 is 1.60. The molecule has 0 fully saturated rings. The number of nitrogens with one attached hydrogen (secondary N) is 1. The lowest BCUT2D eigenvalue weighted by atomic mass is 10.1.